The molecule has 2 aromatic rings. The van der Waals surface area contributed by atoms with Crippen LogP contribution in [0.3, 0.4) is 0 Å². The molecule has 0 saturated carbocycles. The second kappa shape index (κ2) is 5.26. The van der Waals surface area contributed by atoms with E-state index in [9.17, 15) is 14.9 Å². The molecular weight excluding hydrogens is 246 g/mol. The summed E-state index contributed by atoms with van der Waals surface area (Å²) in [5, 5.41) is 13.2. The van der Waals surface area contributed by atoms with Crippen LogP contribution in [0.2, 0.25) is 0 Å². The van der Waals surface area contributed by atoms with Gasteiger partial charge in [-0.3, -0.25) is 19.9 Å². The van der Waals surface area contributed by atoms with E-state index in [0.717, 1.165) is 5.69 Å². The number of nitro groups is 1. The minimum absolute atomic E-state index is 0.0660. The zero-order chi connectivity index (χ0) is 13.8. The first kappa shape index (κ1) is 12.7. The van der Waals surface area contributed by atoms with Crippen molar-refractivity contribution in [2.75, 3.05) is 5.32 Å². The van der Waals surface area contributed by atoms with E-state index in [1.54, 1.807) is 25.1 Å². The molecule has 6 heteroatoms. The monoisotopic (exact) mass is 257 g/mol. The third kappa shape index (κ3) is 3.12. The molecule has 0 radical (unpaired) electrons. The Morgan fingerprint density at radius 1 is 1.32 bits per heavy atom. The molecular formula is C13H11N3O3. The lowest BCUT2D eigenvalue weighted by Crippen LogP contribution is -2.12. The summed E-state index contributed by atoms with van der Waals surface area (Å²) in [6, 6.07) is 9.02. The van der Waals surface area contributed by atoms with Gasteiger partial charge in [-0.15, -0.1) is 0 Å². The molecule has 1 N–H and O–H groups in total. The Balaban J connectivity index is 2.19. The first-order valence-corrected chi connectivity index (χ1v) is 5.55. The Hall–Kier alpha value is -2.76. The van der Waals surface area contributed by atoms with Crippen LogP contribution in [0.1, 0.15) is 16.1 Å². The first-order chi connectivity index (χ1) is 9.06. The zero-order valence-corrected chi connectivity index (χ0v) is 10.2. The van der Waals surface area contributed by atoms with E-state index in [-0.39, 0.29) is 11.6 Å². The van der Waals surface area contributed by atoms with E-state index in [0.29, 0.717) is 11.3 Å². The Morgan fingerprint density at radius 2 is 2.11 bits per heavy atom. The lowest BCUT2D eigenvalue weighted by molar-refractivity contribution is -0.384. The van der Waals surface area contributed by atoms with Gasteiger partial charge in [0.1, 0.15) is 0 Å². The van der Waals surface area contributed by atoms with Crippen LogP contribution >= 0.6 is 0 Å². The maximum Gasteiger partial charge on any atom is 0.271 e. The first-order valence-electron chi connectivity index (χ1n) is 5.55. The molecule has 0 bridgehead atoms. The molecule has 0 aliphatic heterocycles. The van der Waals surface area contributed by atoms with Crippen LogP contribution in [-0.2, 0) is 0 Å². The van der Waals surface area contributed by atoms with Crippen LogP contribution in [0.25, 0.3) is 0 Å². The van der Waals surface area contributed by atoms with Gasteiger partial charge in [0.2, 0.25) is 0 Å². The topological polar surface area (TPSA) is 85.1 Å². The largest absolute Gasteiger partial charge is 0.322 e. The summed E-state index contributed by atoms with van der Waals surface area (Å²) in [7, 11) is 0. The number of hydrogen-bond acceptors (Lipinski definition) is 4. The molecule has 19 heavy (non-hydrogen) atoms. The van der Waals surface area contributed by atoms with Crippen molar-refractivity contribution in [2.24, 2.45) is 0 Å². The lowest BCUT2D eigenvalue weighted by Gasteiger charge is -2.05. The second-order valence-electron chi connectivity index (χ2n) is 3.95. The molecule has 0 saturated heterocycles. The van der Waals surface area contributed by atoms with Gasteiger partial charge in [0.15, 0.2) is 0 Å². The van der Waals surface area contributed by atoms with Crippen molar-refractivity contribution in [1.29, 1.82) is 0 Å². The number of pyridine rings is 1. The minimum atomic E-state index is -0.508. The molecule has 0 aliphatic carbocycles. The van der Waals surface area contributed by atoms with Gasteiger partial charge in [0.25, 0.3) is 11.6 Å². The van der Waals surface area contributed by atoms with Crippen molar-refractivity contribution in [3.8, 4) is 0 Å². The zero-order valence-electron chi connectivity index (χ0n) is 10.2. The quantitative estimate of drug-likeness (QED) is 0.676. The number of rotatable bonds is 3. The van der Waals surface area contributed by atoms with Crippen LogP contribution in [0.5, 0.6) is 0 Å². The van der Waals surface area contributed by atoms with Gasteiger partial charge in [0.05, 0.1) is 4.92 Å². The number of benzene rings is 1. The third-order valence-electron chi connectivity index (χ3n) is 2.47. The SMILES string of the molecule is Cc1cc(C(=O)Nc2cccc([N+](=O)[O-])c2)ccn1. The van der Waals surface area contributed by atoms with E-state index in [2.05, 4.69) is 10.3 Å². The number of anilines is 1. The number of nitrogens with one attached hydrogen (secondary N) is 1. The van der Waals surface area contributed by atoms with E-state index in [1.807, 2.05) is 0 Å². The van der Waals surface area contributed by atoms with Crippen LogP contribution in [0.15, 0.2) is 42.6 Å². The number of amides is 1. The Morgan fingerprint density at radius 3 is 2.79 bits per heavy atom. The maximum absolute atomic E-state index is 11.9. The van der Waals surface area contributed by atoms with Gasteiger partial charge < -0.3 is 5.32 Å². The number of nitrogens with zero attached hydrogens (tertiary/aromatic N) is 2. The summed E-state index contributed by atoms with van der Waals surface area (Å²) in [5.41, 5.74) is 1.50. The fourth-order valence-electron chi connectivity index (χ4n) is 1.59. The Labute approximate surface area is 109 Å². The number of nitro benzene ring substituents is 1. The Kier molecular flexibility index (Phi) is 3.51. The lowest BCUT2D eigenvalue weighted by atomic mass is 10.2. The smallest absolute Gasteiger partial charge is 0.271 e. The number of carbonyl (C=O) groups is 1. The van der Waals surface area contributed by atoms with Gasteiger partial charge in [-0.1, -0.05) is 6.07 Å². The van der Waals surface area contributed by atoms with Crippen molar-refractivity contribution in [3.05, 3.63) is 64.0 Å². The highest BCUT2D eigenvalue weighted by Gasteiger charge is 2.09. The van der Waals surface area contributed by atoms with Gasteiger partial charge in [0, 0.05) is 35.3 Å². The predicted molar refractivity (Wildman–Crippen MR) is 70.0 cm³/mol. The minimum Gasteiger partial charge on any atom is -0.322 e. The van der Waals surface area contributed by atoms with Gasteiger partial charge in [-0.2, -0.15) is 0 Å². The van der Waals surface area contributed by atoms with E-state index < -0.39 is 4.92 Å². The summed E-state index contributed by atoms with van der Waals surface area (Å²) < 4.78 is 0. The highest BCUT2D eigenvalue weighted by atomic mass is 16.6. The number of aryl methyl sites for hydroxylation is 1. The average Bonchev–Trinajstić information content (AvgIpc) is 2.39. The molecule has 2 rings (SSSR count). The molecule has 0 fully saturated rings. The predicted octanol–water partition coefficient (Wildman–Crippen LogP) is 2.55. The summed E-state index contributed by atoms with van der Waals surface area (Å²) >= 11 is 0. The molecule has 0 unspecified atom stereocenters. The number of hydrogen-bond donors (Lipinski definition) is 1. The van der Waals surface area contributed by atoms with Gasteiger partial charge in [-0.25, -0.2) is 0 Å². The second-order valence-corrected chi connectivity index (χ2v) is 3.95. The van der Waals surface area contributed by atoms with Gasteiger partial charge >= 0.3 is 0 Å². The van der Waals surface area contributed by atoms with Crippen molar-refractivity contribution in [3.63, 3.8) is 0 Å². The van der Waals surface area contributed by atoms with Crippen LogP contribution < -0.4 is 5.32 Å². The molecule has 1 aromatic carbocycles. The molecule has 1 amide bonds. The normalized spacial score (nSPS) is 9.95. The molecule has 6 nitrogen and oxygen atoms in total. The van der Waals surface area contributed by atoms with E-state index in [4.69, 9.17) is 0 Å². The number of aromatic nitrogens is 1. The maximum atomic E-state index is 11.9. The fourth-order valence-corrected chi connectivity index (χ4v) is 1.59. The van der Waals surface area contributed by atoms with Crippen LogP contribution in [-0.4, -0.2) is 15.8 Å². The summed E-state index contributed by atoms with van der Waals surface area (Å²) in [5.74, 6) is -0.328. The van der Waals surface area contributed by atoms with E-state index >= 15 is 0 Å². The molecule has 1 heterocycles. The highest BCUT2D eigenvalue weighted by molar-refractivity contribution is 6.04. The third-order valence-corrected chi connectivity index (χ3v) is 2.47. The number of carbonyl (C=O) groups excluding carboxylic acids is 1. The molecule has 1 aromatic heterocycles. The molecule has 0 aliphatic rings. The molecule has 96 valence electrons. The van der Waals surface area contributed by atoms with Crippen molar-refractivity contribution >= 4 is 17.3 Å². The summed E-state index contributed by atoms with van der Waals surface area (Å²) in [6.07, 6.45) is 1.54. The average molecular weight is 257 g/mol. The molecule has 0 spiro atoms. The van der Waals surface area contributed by atoms with Crippen LogP contribution in [0.4, 0.5) is 11.4 Å². The van der Waals surface area contributed by atoms with Crippen molar-refractivity contribution in [1.82, 2.24) is 4.98 Å². The van der Waals surface area contributed by atoms with Crippen LogP contribution in [0, 0.1) is 17.0 Å². The highest BCUT2D eigenvalue weighted by Crippen LogP contribution is 2.17. The standard InChI is InChI=1S/C13H11N3O3/c1-9-7-10(5-6-14-9)13(17)15-11-3-2-4-12(8-11)16(18)19/h2-8H,1H3,(H,15,17). The molecule has 0 atom stereocenters. The fraction of sp³-hybridized carbons (Fsp3) is 0.0769. The Bertz CT molecular complexity index is 641. The van der Waals surface area contributed by atoms with Crippen molar-refractivity contribution < 1.29 is 9.72 Å². The summed E-state index contributed by atoms with van der Waals surface area (Å²) in [4.78, 5) is 26.1. The number of non-ortho nitro benzene ring substituents is 1. The van der Waals surface area contributed by atoms with E-state index in [1.165, 1.54) is 24.4 Å². The summed E-state index contributed by atoms with van der Waals surface area (Å²) in [6.45, 7) is 1.78. The van der Waals surface area contributed by atoms with Gasteiger partial charge in [-0.05, 0) is 25.1 Å². The van der Waals surface area contributed by atoms with Crippen molar-refractivity contribution in [2.45, 2.75) is 6.92 Å².